The summed E-state index contributed by atoms with van der Waals surface area (Å²) in [4.78, 5) is 5.47. The Morgan fingerprint density at radius 2 is 0.460 bits per heavy atom. The smallest absolute Gasteiger partial charge is 0.101 e. The molecule has 1 heterocycles. The van der Waals surface area contributed by atoms with E-state index < -0.39 is 0 Å². The van der Waals surface area contributed by atoms with E-state index in [2.05, 4.69) is 43.0 Å². The summed E-state index contributed by atoms with van der Waals surface area (Å²) in [6, 6.07) is 0. The lowest BCUT2D eigenvalue weighted by Gasteiger charge is -2.33. The van der Waals surface area contributed by atoms with Crippen molar-refractivity contribution in [3.05, 3.63) is 12.4 Å². The van der Waals surface area contributed by atoms with Gasteiger partial charge >= 0.3 is 0 Å². The van der Waals surface area contributed by atoms with E-state index >= 15 is 0 Å². The van der Waals surface area contributed by atoms with Gasteiger partial charge in [-0.15, -0.1) is 0 Å². The van der Waals surface area contributed by atoms with Crippen molar-refractivity contribution >= 4 is 0 Å². The average Bonchev–Trinajstić information content (AvgIpc) is 3.51. The molecule has 1 aliphatic heterocycles. The highest BCUT2D eigenvalue weighted by molar-refractivity contribution is 4.97. The summed E-state index contributed by atoms with van der Waals surface area (Å²) >= 11 is 0. The first-order chi connectivity index (χ1) is 24.8. The minimum absolute atomic E-state index is 0.637. The molecular formula is C48H96N2. The molecule has 1 unspecified atom stereocenters. The summed E-state index contributed by atoms with van der Waals surface area (Å²) in [5.41, 5.74) is 0. The molecule has 0 saturated heterocycles. The number of rotatable bonds is 42. The molecule has 1 atom stereocenters. The lowest BCUT2D eigenvalue weighted by molar-refractivity contribution is 0.135. The number of nitrogens with zero attached hydrogens (tertiary/aromatic N) is 2. The molecule has 0 aromatic rings. The summed E-state index contributed by atoms with van der Waals surface area (Å²) in [7, 11) is 0. The van der Waals surface area contributed by atoms with Gasteiger partial charge in [-0.1, -0.05) is 252 Å². The van der Waals surface area contributed by atoms with Crippen LogP contribution in [0.25, 0.3) is 0 Å². The Morgan fingerprint density at radius 1 is 0.260 bits per heavy atom. The fourth-order valence-electron chi connectivity index (χ4n) is 8.31. The van der Waals surface area contributed by atoms with Gasteiger partial charge in [-0.3, -0.25) is 0 Å². The Morgan fingerprint density at radius 3 is 0.700 bits per heavy atom. The van der Waals surface area contributed by atoms with Crippen LogP contribution in [-0.2, 0) is 0 Å². The molecule has 0 radical (unpaired) electrons. The summed E-state index contributed by atoms with van der Waals surface area (Å²) in [5, 5.41) is 0. The first-order valence-corrected chi connectivity index (χ1v) is 24.0. The molecule has 1 aliphatic rings. The van der Waals surface area contributed by atoms with E-state index in [1.165, 1.54) is 270 Å². The van der Waals surface area contributed by atoms with Crippen molar-refractivity contribution in [1.82, 2.24) is 9.80 Å². The lowest BCUT2D eigenvalue weighted by atomic mass is 10.0. The zero-order valence-corrected chi connectivity index (χ0v) is 35.3. The maximum absolute atomic E-state index is 2.74. The van der Waals surface area contributed by atoms with Crippen LogP contribution >= 0.6 is 0 Å². The van der Waals surface area contributed by atoms with E-state index in [0.717, 1.165) is 0 Å². The molecule has 1 rings (SSSR count). The van der Waals surface area contributed by atoms with Gasteiger partial charge in [-0.2, -0.15) is 0 Å². The Bertz CT molecular complexity index is 659. The number of hydrogen-bond donors (Lipinski definition) is 0. The minimum Gasteiger partial charge on any atom is -0.356 e. The Balaban J connectivity index is 2.18. The second-order valence-electron chi connectivity index (χ2n) is 16.8. The molecule has 50 heavy (non-hydrogen) atoms. The number of hydrogen-bond acceptors (Lipinski definition) is 2. The van der Waals surface area contributed by atoms with Gasteiger partial charge in [0.05, 0.1) is 0 Å². The third-order valence-electron chi connectivity index (χ3n) is 11.8. The maximum atomic E-state index is 2.74. The van der Waals surface area contributed by atoms with Crippen molar-refractivity contribution in [2.24, 2.45) is 0 Å². The molecule has 0 bridgehead atoms. The van der Waals surface area contributed by atoms with Gasteiger partial charge in [-0.05, 0) is 25.7 Å². The van der Waals surface area contributed by atoms with Crippen molar-refractivity contribution in [3.63, 3.8) is 0 Å². The molecule has 0 fully saturated rings. The van der Waals surface area contributed by atoms with Crippen molar-refractivity contribution < 1.29 is 0 Å². The van der Waals surface area contributed by atoms with Gasteiger partial charge in [0.15, 0.2) is 0 Å². The maximum Gasteiger partial charge on any atom is 0.101 e. The molecule has 0 saturated carbocycles. The van der Waals surface area contributed by atoms with Gasteiger partial charge in [-0.25, -0.2) is 0 Å². The van der Waals surface area contributed by atoms with Gasteiger partial charge in [0.1, 0.15) is 6.17 Å². The van der Waals surface area contributed by atoms with Crippen molar-refractivity contribution in [3.8, 4) is 0 Å². The zero-order valence-electron chi connectivity index (χ0n) is 35.3. The first-order valence-electron chi connectivity index (χ1n) is 24.0. The van der Waals surface area contributed by atoms with E-state index in [1.807, 2.05) is 0 Å². The van der Waals surface area contributed by atoms with Crippen LogP contribution in [0.15, 0.2) is 12.4 Å². The van der Waals surface area contributed by atoms with E-state index in [4.69, 9.17) is 0 Å². The molecular weight excluding hydrogens is 605 g/mol. The van der Waals surface area contributed by atoms with Crippen molar-refractivity contribution in [2.75, 3.05) is 13.1 Å². The zero-order chi connectivity index (χ0) is 35.8. The van der Waals surface area contributed by atoms with E-state index in [9.17, 15) is 0 Å². The topological polar surface area (TPSA) is 6.48 Å². The van der Waals surface area contributed by atoms with Crippen molar-refractivity contribution in [1.29, 1.82) is 0 Å². The Hall–Kier alpha value is -0.660. The monoisotopic (exact) mass is 701 g/mol. The first kappa shape index (κ1) is 47.4. The van der Waals surface area contributed by atoms with Crippen LogP contribution < -0.4 is 0 Å². The second-order valence-corrected chi connectivity index (χ2v) is 16.8. The lowest BCUT2D eigenvalue weighted by Crippen LogP contribution is -2.39. The van der Waals surface area contributed by atoms with Gasteiger partial charge in [0, 0.05) is 25.5 Å². The molecule has 0 spiro atoms. The van der Waals surface area contributed by atoms with Crippen molar-refractivity contribution in [2.45, 2.75) is 284 Å². The predicted molar refractivity (Wildman–Crippen MR) is 228 cm³/mol. The molecule has 0 aliphatic carbocycles. The molecule has 0 aromatic carbocycles. The number of unbranched alkanes of at least 4 members (excludes halogenated alkanes) is 36. The summed E-state index contributed by atoms with van der Waals surface area (Å²) in [5.74, 6) is 0. The molecule has 0 amide bonds. The third-order valence-corrected chi connectivity index (χ3v) is 11.8. The fraction of sp³-hybridized carbons (Fsp3) is 0.958. The molecule has 298 valence electrons. The van der Waals surface area contributed by atoms with Crippen LogP contribution in [0, 0.1) is 0 Å². The highest BCUT2D eigenvalue weighted by Crippen LogP contribution is 2.24. The summed E-state index contributed by atoms with van der Waals surface area (Å²) < 4.78 is 0. The molecule has 2 heteroatoms. The molecule has 2 nitrogen and oxygen atoms in total. The van der Waals surface area contributed by atoms with Crippen LogP contribution in [0.4, 0.5) is 0 Å². The minimum atomic E-state index is 0.637. The second kappa shape index (κ2) is 39.5. The van der Waals surface area contributed by atoms with Gasteiger partial charge < -0.3 is 9.80 Å². The quantitative estimate of drug-likeness (QED) is 0.0585. The standard InChI is InChI=1S/C48H96N2/c1-4-7-10-13-16-19-22-24-25-26-28-30-33-36-39-42-45-50-47-46-49(44-41-38-35-32-21-18-15-12-9-6-3)48(50)43-40-37-34-31-29-27-23-20-17-14-11-8-5-2/h46-48H,4-45H2,1-3H3. The van der Waals surface area contributed by atoms with E-state index in [0.29, 0.717) is 6.17 Å². The average molecular weight is 701 g/mol. The van der Waals surface area contributed by atoms with E-state index in [1.54, 1.807) is 0 Å². The van der Waals surface area contributed by atoms with Crippen LogP contribution in [0.1, 0.15) is 278 Å². The van der Waals surface area contributed by atoms with Crippen LogP contribution in [0.3, 0.4) is 0 Å². The van der Waals surface area contributed by atoms with Crippen LogP contribution in [-0.4, -0.2) is 29.1 Å². The normalized spacial score (nSPS) is 14.5. The van der Waals surface area contributed by atoms with Crippen LogP contribution in [0.2, 0.25) is 0 Å². The predicted octanol–water partition coefficient (Wildman–Crippen LogP) is 17.1. The third kappa shape index (κ3) is 30.9. The SMILES string of the molecule is CCCCCCCCCCCCCCCCCCN1C=CN(CCCCCCCCCCCC)C1CCCCCCCCCCCCCCC. The summed E-state index contributed by atoms with van der Waals surface area (Å²) in [6.07, 6.45) is 63.4. The molecule has 0 aromatic heterocycles. The molecule has 0 N–H and O–H groups in total. The fourth-order valence-corrected chi connectivity index (χ4v) is 8.31. The Labute approximate surface area is 318 Å². The highest BCUT2D eigenvalue weighted by Gasteiger charge is 2.24. The Kier molecular flexibility index (Phi) is 37.5. The highest BCUT2D eigenvalue weighted by atomic mass is 15.4. The van der Waals surface area contributed by atoms with E-state index in [-0.39, 0.29) is 0 Å². The van der Waals surface area contributed by atoms with Crippen LogP contribution in [0.5, 0.6) is 0 Å². The van der Waals surface area contributed by atoms with Gasteiger partial charge in [0.2, 0.25) is 0 Å². The van der Waals surface area contributed by atoms with Gasteiger partial charge in [0.25, 0.3) is 0 Å². The largest absolute Gasteiger partial charge is 0.356 e. The summed E-state index contributed by atoms with van der Waals surface area (Å²) in [6.45, 7) is 9.49.